The summed E-state index contributed by atoms with van der Waals surface area (Å²) in [7, 11) is 0. The van der Waals surface area contributed by atoms with Crippen molar-refractivity contribution in [2.75, 3.05) is 32.7 Å². The van der Waals surface area contributed by atoms with Gasteiger partial charge in [0.1, 0.15) is 0 Å². The van der Waals surface area contributed by atoms with Crippen LogP contribution in [-0.4, -0.2) is 59.1 Å². The maximum atomic E-state index is 12.1. The fraction of sp³-hybridized carbons (Fsp3) is 0.923. The van der Waals surface area contributed by atoms with Gasteiger partial charge in [0, 0.05) is 26.2 Å². The third kappa shape index (κ3) is 3.42. The molecule has 2 rings (SSSR count). The van der Waals surface area contributed by atoms with Gasteiger partial charge >= 0.3 is 0 Å². The molecule has 2 aliphatic rings. The average molecular weight is 240 g/mol. The van der Waals surface area contributed by atoms with Gasteiger partial charge in [0.2, 0.25) is 5.91 Å². The van der Waals surface area contributed by atoms with E-state index in [9.17, 15) is 9.90 Å². The van der Waals surface area contributed by atoms with Gasteiger partial charge in [-0.3, -0.25) is 9.69 Å². The van der Waals surface area contributed by atoms with Crippen LogP contribution in [0.5, 0.6) is 0 Å². The average Bonchev–Trinajstić information content (AvgIpc) is 2.58. The Morgan fingerprint density at radius 3 is 2.82 bits per heavy atom. The molecule has 1 amide bonds. The van der Waals surface area contributed by atoms with Crippen molar-refractivity contribution in [2.45, 2.75) is 38.7 Å². The largest absolute Gasteiger partial charge is 0.389 e. The van der Waals surface area contributed by atoms with Gasteiger partial charge in [0.05, 0.1) is 12.1 Å². The zero-order valence-electron chi connectivity index (χ0n) is 11.0. The van der Waals surface area contributed by atoms with Gasteiger partial charge in [-0.05, 0) is 32.1 Å². The number of carbonyl (C=O) groups excluding carboxylic acids is 1. The Morgan fingerprint density at radius 1 is 1.47 bits per heavy atom. The fourth-order valence-corrected chi connectivity index (χ4v) is 2.88. The molecule has 17 heavy (non-hydrogen) atoms. The number of β-amino-alcohol motifs (C(OH)–C–C–N with tert-alkyl or cyclic N) is 1. The monoisotopic (exact) mass is 240 g/mol. The number of rotatable bonds is 2. The van der Waals surface area contributed by atoms with E-state index in [1.165, 1.54) is 6.42 Å². The predicted octanol–water partition coefficient (Wildman–Crippen LogP) is 0.702. The van der Waals surface area contributed by atoms with Gasteiger partial charge in [-0.15, -0.1) is 0 Å². The molecule has 0 bridgehead atoms. The molecule has 2 unspecified atom stereocenters. The predicted molar refractivity (Wildman–Crippen MR) is 66.7 cm³/mol. The minimum atomic E-state index is -0.602. The van der Waals surface area contributed by atoms with Crippen LogP contribution in [0.25, 0.3) is 0 Å². The number of hydrogen-bond donors (Lipinski definition) is 1. The van der Waals surface area contributed by atoms with Gasteiger partial charge < -0.3 is 10.0 Å². The van der Waals surface area contributed by atoms with Crippen molar-refractivity contribution >= 4 is 5.91 Å². The lowest BCUT2D eigenvalue weighted by Gasteiger charge is -2.32. The van der Waals surface area contributed by atoms with E-state index in [1.54, 1.807) is 0 Å². The van der Waals surface area contributed by atoms with Crippen LogP contribution in [0.3, 0.4) is 0 Å². The number of likely N-dealkylation sites (tertiary alicyclic amines) is 2. The second-order valence-electron chi connectivity index (χ2n) is 6.04. The molecule has 0 radical (unpaired) electrons. The van der Waals surface area contributed by atoms with Crippen LogP contribution in [0.15, 0.2) is 0 Å². The molecule has 2 atom stereocenters. The van der Waals surface area contributed by atoms with Gasteiger partial charge in [0.15, 0.2) is 0 Å². The van der Waals surface area contributed by atoms with E-state index in [1.807, 2.05) is 11.8 Å². The Balaban J connectivity index is 1.81. The summed E-state index contributed by atoms with van der Waals surface area (Å²) in [5.74, 6) is 0.864. The maximum Gasteiger partial charge on any atom is 0.236 e. The summed E-state index contributed by atoms with van der Waals surface area (Å²) < 4.78 is 0. The van der Waals surface area contributed by atoms with E-state index in [2.05, 4.69) is 11.8 Å². The van der Waals surface area contributed by atoms with Gasteiger partial charge in [-0.2, -0.15) is 0 Å². The van der Waals surface area contributed by atoms with Crippen LogP contribution in [0.2, 0.25) is 0 Å². The number of piperidine rings is 1. The highest BCUT2D eigenvalue weighted by Crippen LogP contribution is 2.21. The minimum absolute atomic E-state index is 0.231. The highest BCUT2D eigenvalue weighted by atomic mass is 16.3. The third-order valence-electron chi connectivity index (χ3n) is 3.90. The van der Waals surface area contributed by atoms with Crippen molar-refractivity contribution in [1.29, 1.82) is 0 Å². The van der Waals surface area contributed by atoms with E-state index in [-0.39, 0.29) is 5.91 Å². The quantitative estimate of drug-likeness (QED) is 0.773. The smallest absolute Gasteiger partial charge is 0.236 e. The van der Waals surface area contributed by atoms with Crippen LogP contribution in [0, 0.1) is 5.92 Å². The zero-order chi connectivity index (χ0) is 12.5. The van der Waals surface area contributed by atoms with Crippen LogP contribution in [0.4, 0.5) is 0 Å². The van der Waals surface area contributed by atoms with Crippen molar-refractivity contribution in [3.05, 3.63) is 0 Å². The number of nitrogens with zero attached hydrogens (tertiary/aromatic N) is 2. The van der Waals surface area contributed by atoms with E-state index < -0.39 is 5.60 Å². The van der Waals surface area contributed by atoms with E-state index in [0.717, 1.165) is 32.5 Å². The molecule has 4 heteroatoms. The molecular weight excluding hydrogens is 216 g/mol. The summed E-state index contributed by atoms with van der Waals surface area (Å²) >= 11 is 0. The molecule has 0 spiro atoms. The molecule has 4 nitrogen and oxygen atoms in total. The molecule has 1 N–H and O–H groups in total. The first-order valence-corrected chi connectivity index (χ1v) is 6.69. The van der Waals surface area contributed by atoms with E-state index in [4.69, 9.17) is 0 Å². The van der Waals surface area contributed by atoms with Crippen LogP contribution in [0.1, 0.15) is 33.1 Å². The second-order valence-corrected chi connectivity index (χ2v) is 6.04. The van der Waals surface area contributed by atoms with Gasteiger partial charge in [0.25, 0.3) is 0 Å². The summed E-state index contributed by atoms with van der Waals surface area (Å²) in [5, 5.41) is 9.86. The lowest BCUT2D eigenvalue weighted by molar-refractivity contribution is -0.134. The molecule has 0 aromatic carbocycles. The van der Waals surface area contributed by atoms with Crippen molar-refractivity contribution in [3.8, 4) is 0 Å². The molecule has 0 aromatic rings. The summed E-state index contributed by atoms with van der Waals surface area (Å²) in [4.78, 5) is 16.2. The van der Waals surface area contributed by atoms with Crippen LogP contribution in [-0.2, 0) is 4.79 Å². The SMILES string of the molecule is CC1CCCN(C(=O)CN2CCC(C)(O)C2)C1. The molecule has 0 aliphatic carbocycles. The van der Waals surface area contributed by atoms with E-state index >= 15 is 0 Å². The normalized spacial score (nSPS) is 35.2. The first kappa shape index (κ1) is 12.8. The lowest BCUT2D eigenvalue weighted by Crippen LogP contribution is -2.44. The number of carbonyl (C=O) groups is 1. The van der Waals surface area contributed by atoms with Crippen molar-refractivity contribution in [2.24, 2.45) is 5.92 Å². The molecular formula is C13H24N2O2. The van der Waals surface area contributed by atoms with Crippen LogP contribution < -0.4 is 0 Å². The van der Waals surface area contributed by atoms with Gasteiger partial charge in [-0.25, -0.2) is 0 Å². The molecule has 2 aliphatic heterocycles. The van der Waals surface area contributed by atoms with Crippen molar-refractivity contribution in [3.63, 3.8) is 0 Å². The second kappa shape index (κ2) is 4.94. The topological polar surface area (TPSA) is 43.8 Å². The summed E-state index contributed by atoms with van der Waals surface area (Å²) in [6, 6.07) is 0. The number of hydrogen-bond acceptors (Lipinski definition) is 3. The Labute approximate surface area is 104 Å². The zero-order valence-corrected chi connectivity index (χ0v) is 11.0. The Bertz CT molecular complexity index is 291. The highest BCUT2D eigenvalue weighted by Gasteiger charge is 2.33. The fourth-order valence-electron chi connectivity index (χ4n) is 2.88. The minimum Gasteiger partial charge on any atom is -0.389 e. The Kier molecular flexibility index (Phi) is 3.73. The van der Waals surface area contributed by atoms with Crippen molar-refractivity contribution in [1.82, 2.24) is 9.80 Å². The molecule has 0 aromatic heterocycles. The summed E-state index contributed by atoms with van der Waals surface area (Å²) in [5.41, 5.74) is -0.602. The molecule has 2 fully saturated rings. The van der Waals surface area contributed by atoms with E-state index in [0.29, 0.717) is 19.0 Å². The molecule has 98 valence electrons. The summed E-state index contributed by atoms with van der Waals surface area (Å²) in [6.07, 6.45) is 3.14. The summed E-state index contributed by atoms with van der Waals surface area (Å²) in [6.45, 7) is 7.81. The maximum absolute atomic E-state index is 12.1. The lowest BCUT2D eigenvalue weighted by atomic mass is 10.0. The molecule has 0 saturated carbocycles. The van der Waals surface area contributed by atoms with Crippen LogP contribution >= 0.6 is 0 Å². The first-order chi connectivity index (χ1) is 7.96. The molecule has 2 heterocycles. The first-order valence-electron chi connectivity index (χ1n) is 6.69. The highest BCUT2D eigenvalue weighted by molar-refractivity contribution is 5.78. The Morgan fingerprint density at radius 2 is 2.24 bits per heavy atom. The van der Waals surface area contributed by atoms with Crippen molar-refractivity contribution < 1.29 is 9.90 Å². The number of amides is 1. The van der Waals surface area contributed by atoms with Gasteiger partial charge in [-0.1, -0.05) is 6.92 Å². The molecule has 2 saturated heterocycles. The standard InChI is InChI=1S/C13H24N2O2/c1-11-4-3-6-15(8-11)12(16)9-14-7-5-13(2,17)10-14/h11,17H,3-10H2,1-2H3. The Hall–Kier alpha value is -0.610. The number of aliphatic hydroxyl groups is 1. The third-order valence-corrected chi connectivity index (χ3v) is 3.90.